The largest absolute Gasteiger partial charge is 0.544 e. The molecule has 2 nitrogen and oxygen atoms in total. The van der Waals surface area contributed by atoms with E-state index in [9.17, 15) is 14.3 Å². The van der Waals surface area contributed by atoms with E-state index in [0.717, 1.165) is 11.3 Å². The van der Waals surface area contributed by atoms with E-state index in [-0.39, 0.29) is 9.90 Å². The van der Waals surface area contributed by atoms with Gasteiger partial charge in [-0.15, -0.1) is 11.3 Å². The van der Waals surface area contributed by atoms with Gasteiger partial charge in [0.25, 0.3) is 0 Å². The molecule has 5 heteroatoms. The number of fused-ring (bicyclic) bond motifs is 1. The molecule has 0 atom stereocenters. The smallest absolute Gasteiger partial charge is 0.124 e. The first kappa shape index (κ1) is 9.43. The van der Waals surface area contributed by atoms with Crippen LogP contribution >= 0.6 is 22.9 Å². The molecule has 14 heavy (non-hydrogen) atoms. The van der Waals surface area contributed by atoms with Crippen molar-refractivity contribution in [1.29, 1.82) is 0 Å². The third-order valence-electron chi connectivity index (χ3n) is 1.78. The van der Waals surface area contributed by atoms with Crippen LogP contribution in [0.4, 0.5) is 4.39 Å². The molecule has 0 aliphatic heterocycles. The number of hydrogen-bond acceptors (Lipinski definition) is 3. The van der Waals surface area contributed by atoms with E-state index < -0.39 is 11.8 Å². The van der Waals surface area contributed by atoms with Crippen LogP contribution in [0.15, 0.2) is 18.2 Å². The first-order valence-corrected chi connectivity index (χ1v) is 4.88. The van der Waals surface area contributed by atoms with Crippen molar-refractivity contribution in [2.75, 3.05) is 0 Å². The molecule has 0 bridgehead atoms. The van der Waals surface area contributed by atoms with Gasteiger partial charge in [0.05, 0.1) is 15.9 Å². The van der Waals surface area contributed by atoms with Crippen molar-refractivity contribution < 1.29 is 14.3 Å². The first-order valence-electron chi connectivity index (χ1n) is 3.68. The van der Waals surface area contributed by atoms with Gasteiger partial charge in [-0.2, -0.15) is 0 Å². The van der Waals surface area contributed by atoms with E-state index >= 15 is 0 Å². The highest BCUT2D eigenvalue weighted by Crippen LogP contribution is 2.35. The summed E-state index contributed by atoms with van der Waals surface area (Å²) in [6.07, 6.45) is 0. The fraction of sp³-hybridized carbons (Fsp3) is 0. The molecule has 0 aliphatic rings. The van der Waals surface area contributed by atoms with E-state index in [2.05, 4.69) is 0 Å². The summed E-state index contributed by atoms with van der Waals surface area (Å²) in [7, 11) is 0. The second-order valence-corrected chi connectivity index (χ2v) is 4.10. The zero-order valence-electron chi connectivity index (χ0n) is 6.71. The Morgan fingerprint density at radius 3 is 2.86 bits per heavy atom. The van der Waals surface area contributed by atoms with E-state index in [4.69, 9.17) is 11.6 Å². The van der Waals surface area contributed by atoms with E-state index in [1.165, 1.54) is 18.2 Å². The summed E-state index contributed by atoms with van der Waals surface area (Å²) < 4.78 is 13.3. The Hall–Kier alpha value is -1.13. The Labute approximate surface area is 87.5 Å². The molecular weight excluding hydrogens is 227 g/mol. The van der Waals surface area contributed by atoms with E-state index in [1.807, 2.05) is 0 Å². The van der Waals surface area contributed by atoms with Crippen molar-refractivity contribution in [2.24, 2.45) is 0 Å². The van der Waals surface area contributed by atoms with Gasteiger partial charge in [0.15, 0.2) is 0 Å². The molecule has 0 fully saturated rings. The normalized spacial score (nSPS) is 10.7. The zero-order chi connectivity index (χ0) is 10.3. The molecule has 0 aliphatic carbocycles. The molecule has 0 saturated heterocycles. The molecule has 2 aromatic rings. The maximum Gasteiger partial charge on any atom is 0.124 e. The molecule has 0 amide bonds. The summed E-state index contributed by atoms with van der Waals surface area (Å²) in [4.78, 5) is 10.5. The van der Waals surface area contributed by atoms with Gasteiger partial charge in [-0.3, -0.25) is 0 Å². The van der Waals surface area contributed by atoms with Gasteiger partial charge in [0.1, 0.15) is 5.82 Å². The molecule has 2 rings (SSSR count). The lowest BCUT2D eigenvalue weighted by Crippen LogP contribution is -2.21. The SMILES string of the molecule is O=C([O-])c1sc2cc(F)ccc2c1Cl. The number of carbonyl (C=O) groups is 1. The minimum absolute atomic E-state index is 0.0627. The van der Waals surface area contributed by atoms with Crippen LogP contribution in [0.1, 0.15) is 9.67 Å². The molecule has 1 aromatic carbocycles. The average Bonchev–Trinajstić information content (AvgIpc) is 2.43. The number of rotatable bonds is 1. The number of carboxylic acid groups (broad SMARTS) is 1. The van der Waals surface area contributed by atoms with Gasteiger partial charge < -0.3 is 9.90 Å². The number of thiophene rings is 1. The molecule has 0 spiro atoms. The summed E-state index contributed by atoms with van der Waals surface area (Å²) in [6.45, 7) is 0. The predicted molar refractivity (Wildman–Crippen MR) is 51.1 cm³/mol. The van der Waals surface area contributed by atoms with E-state index in [0.29, 0.717) is 10.1 Å². The number of carbonyl (C=O) groups excluding carboxylic acids is 1. The lowest BCUT2D eigenvalue weighted by molar-refractivity contribution is -0.254. The van der Waals surface area contributed by atoms with Crippen LogP contribution in [0, 0.1) is 5.82 Å². The highest BCUT2D eigenvalue weighted by Gasteiger charge is 2.11. The number of aromatic carboxylic acids is 1. The molecule has 0 radical (unpaired) electrons. The van der Waals surface area contributed by atoms with Gasteiger partial charge in [-0.25, -0.2) is 4.39 Å². The highest BCUT2D eigenvalue weighted by molar-refractivity contribution is 7.21. The monoisotopic (exact) mass is 229 g/mol. The molecule has 1 heterocycles. The summed E-state index contributed by atoms with van der Waals surface area (Å²) in [5.41, 5.74) is 0. The Balaban J connectivity index is 2.79. The van der Waals surface area contributed by atoms with Gasteiger partial charge in [-0.1, -0.05) is 11.6 Å². The van der Waals surface area contributed by atoms with Gasteiger partial charge in [0.2, 0.25) is 0 Å². The second kappa shape index (κ2) is 3.22. The number of carboxylic acids is 1. The summed E-state index contributed by atoms with van der Waals surface area (Å²) in [5.74, 6) is -1.75. The molecule has 0 unspecified atom stereocenters. The molecule has 1 aromatic heterocycles. The molecule has 72 valence electrons. The number of hydrogen-bond donors (Lipinski definition) is 0. The quantitative estimate of drug-likeness (QED) is 0.751. The molecular formula is C9H3ClFO2S-. The van der Waals surface area contributed by atoms with Crippen molar-refractivity contribution in [2.45, 2.75) is 0 Å². The summed E-state index contributed by atoms with van der Waals surface area (Å²) >= 11 is 6.68. The topological polar surface area (TPSA) is 40.1 Å². The van der Waals surface area contributed by atoms with Crippen molar-refractivity contribution in [3.05, 3.63) is 33.9 Å². The summed E-state index contributed by atoms with van der Waals surface area (Å²) in [5, 5.41) is 11.3. The number of halogens is 2. The summed E-state index contributed by atoms with van der Waals surface area (Å²) in [6, 6.07) is 3.94. The Morgan fingerprint density at radius 2 is 2.21 bits per heavy atom. The van der Waals surface area contributed by atoms with Crippen LogP contribution in [0.25, 0.3) is 10.1 Å². The van der Waals surface area contributed by atoms with Gasteiger partial charge in [0, 0.05) is 10.1 Å². The average molecular weight is 230 g/mol. The Kier molecular flexibility index (Phi) is 2.17. The number of benzene rings is 1. The lowest BCUT2D eigenvalue weighted by Gasteiger charge is -1.96. The molecule has 0 saturated carbocycles. The Bertz CT molecular complexity index is 521. The van der Waals surface area contributed by atoms with Crippen LogP contribution in [0.3, 0.4) is 0 Å². The molecule has 0 N–H and O–H groups in total. The highest BCUT2D eigenvalue weighted by atomic mass is 35.5. The maximum absolute atomic E-state index is 12.8. The van der Waals surface area contributed by atoms with Gasteiger partial charge in [-0.05, 0) is 18.2 Å². The standard InChI is InChI=1S/C9H4ClFO2S/c10-7-5-2-1-4(11)3-6(5)14-8(7)9(12)13/h1-3H,(H,12,13)/p-1. The third kappa shape index (κ3) is 1.36. The zero-order valence-corrected chi connectivity index (χ0v) is 8.29. The first-order chi connectivity index (χ1) is 6.59. The van der Waals surface area contributed by atoms with Crippen LogP contribution in [0.5, 0.6) is 0 Å². The fourth-order valence-corrected chi connectivity index (χ4v) is 2.54. The fourth-order valence-electron chi connectivity index (χ4n) is 1.17. The second-order valence-electron chi connectivity index (χ2n) is 2.67. The van der Waals surface area contributed by atoms with Gasteiger partial charge >= 0.3 is 0 Å². The van der Waals surface area contributed by atoms with Crippen LogP contribution in [-0.4, -0.2) is 5.97 Å². The lowest BCUT2D eigenvalue weighted by atomic mass is 10.2. The van der Waals surface area contributed by atoms with Crippen molar-refractivity contribution in [1.82, 2.24) is 0 Å². The maximum atomic E-state index is 12.8. The van der Waals surface area contributed by atoms with Crippen LogP contribution < -0.4 is 5.11 Å². The Morgan fingerprint density at radius 1 is 1.50 bits per heavy atom. The van der Waals surface area contributed by atoms with Crippen molar-refractivity contribution in [3.63, 3.8) is 0 Å². The minimum Gasteiger partial charge on any atom is -0.544 e. The predicted octanol–water partition coefficient (Wildman–Crippen LogP) is 2.06. The van der Waals surface area contributed by atoms with Crippen LogP contribution in [0.2, 0.25) is 5.02 Å². The minimum atomic E-state index is -1.34. The van der Waals surface area contributed by atoms with Crippen molar-refractivity contribution >= 4 is 39.0 Å². The third-order valence-corrected chi connectivity index (χ3v) is 3.41. The van der Waals surface area contributed by atoms with Crippen molar-refractivity contribution in [3.8, 4) is 0 Å². The van der Waals surface area contributed by atoms with Crippen LogP contribution in [-0.2, 0) is 0 Å². The van der Waals surface area contributed by atoms with E-state index in [1.54, 1.807) is 0 Å².